The molecule has 2 unspecified atom stereocenters. The first kappa shape index (κ1) is 21.8. The molecule has 0 fully saturated rings. The molecule has 0 aromatic heterocycles. The molecule has 2 heteroatoms. The van der Waals surface area contributed by atoms with Crippen LogP contribution < -0.4 is 0 Å². The predicted molar refractivity (Wildman–Crippen MR) is 103 cm³/mol. The topological polar surface area (TPSA) is 0 Å². The number of rotatable bonds is 7. The van der Waals surface area contributed by atoms with Crippen LogP contribution in [0, 0.1) is 17.8 Å². The van der Waals surface area contributed by atoms with Crippen LogP contribution in [-0.2, 0) is 6.42 Å². The van der Waals surface area contributed by atoms with Crippen molar-refractivity contribution in [2.24, 2.45) is 17.8 Å². The minimum Gasteiger partial charge on any atom is -0.0827 e. The zero-order valence-corrected chi connectivity index (χ0v) is 16.8. The average molecular weight is 345 g/mol. The highest BCUT2D eigenvalue weighted by Gasteiger charge is 2.14. The first-order chi connectivity index (χ1) is 10.3. The highest BCUT2D eigenvalue weighted by molar-refractivity contribution is 6.42. The molecule has 1 aromatic rings. The minimum absolute atomic E-state index is 0.624. The lowest BCUT2D eigenvalue weighted by molar-refractivity contribution is 0.276. The highest BCUT2D eigenvalue weighted by Crippen LogP contribution is 2.24. The van der Waals surface area contributed by atoms with Gasteiger partial charge in [0.2, 0.25) is 0 Å². The molecular formula is C20H34Cl2. The lowest BCUT2D eigenvalue weighted by Gasteiger charge is -2.23. The third-order valence-corrected chi connectivity index (χ3v) is 5.34. The fourth-order valence-electron chi connectivity index (χ4n) is 2.40. The Morgan fingerprint density at radius 3 is 2.00 bits per heavy atom. The monoisotopic (exact) mass is 344 g/mol. The summed E-state index contributed by atoms with van der Waals surface area (Å²) in [7, 11) is 0. The molecule has 0 spiro atoms. The second kappa shape index (κ2) is 12.3. The smallest absolute Gasteiger partial charge is 0.0595 e. The summed E-state index contributed by atoms with van der Waals surface area (Å²) in [4.78, 5) is 0. The fraction of sp³-hybridized carbons (Fsp3) is 0.700. The number of halogens is 2. The van der Waals surface area contributed by atoms with Crippen LogP contribution in [0.3, 0.4) is 0 Å². The van der Waals surface area contributed by atoms with E-state index in [1.54, 1.807) is 0 Å². The summed E-state index contributed by atoms with van der Waals surface area (Å²) < 4.78 is 0. The molecule has 0 bridgehead atoms. The van der Waals surface area contributed by atoms with Gasteiger partial charge in [-0.1, -0.05) is 96.5 Å². The van der Waals surface area contributed by atoms with Gasteiger partial charge >= 0.3 is 0 Å². The maximum atomic E-state index is 5.76. The summed E-state index contributed by atoms with van der Waals surface area (Å²) in [6, 6.07) is 5.70. The van der Waals surface area contributed by atoms with E-state index in [-0.39, 0.29) is 0 Å². The Labute approximate surface area is 148 Å². The summed E-state index contributed by atoms with van der Waals surface area (Å²) in [5.41, 5.74) is 1.22. The van der Waals surface area contributed by atoms with E-state index in [0.29, 0.717) is 10.0 Å². The Hall–Kier alpha value is -0.200. The molecular weight excluding hydrogens is 311 g/mol. The lowest BCUT2D eigenvalue weighted by Crippen LogP contribution is -2.13. The molecule has 22 heavy (non-hydrogen) atoms. The number of hydrogen-bond donors (Lipinski definition) is 0. The first-order valence-electron chi connectivity index (χ1n) is 8.77. The van der Waals surface area contributed by atoms with Crippen LogP contribution in [-0.4, -0.2) is 0 Å². The van der Waals surface area contributed by atoms with E-state index in [9.17, 15) is 0 Å². The average Bonchev–Trinajstić information content (AvgIpc) is 2.50. The van der Waals surface area contributed by atoms with Crippen LogP contribution >= 0.6 is 23.2 Å². The SMILES string of the molecule is CCCCCC(C)C(C)C(C)C.CCc1ccc(Cl)c(Cl)c1. The van der Waals surface area contributed by atoms with Crippen molar-refractivity contribution >= 4 is 23.2 Å². The zero-order chi connectivity index (χ0) is 17.1. The standard InChI is InChI=1S/C12H26.C8H8Cl2/c1-6-7-8-9-11(4)12(5)10(2)3;1-2-6-3-4-7(9)8(10)5-6/h10-12H,6-9H2,1-5H3;3-5H,2H2,1H3. The van der Waals surface area contributed by atoms with Crippen molar-refractivity contribution in [1.29, 1.82) is 0 Å². The molecule has 0 heterocycles. The number of aryl methyl sites for hydroxylation is 1. The second-order valence-electron chi connectivity index (χ2n) is 6.68. The Morgan fingerprint density at radius 2 is 1.55 bits per heavy atom. The van der Waals surface area contributed by atoms with E-state index in [2.05, 4.69) is 41.5 Å². The van der Waals surface area contributed by atoms with Crippen LogP contribution in [0.25, 0.3) is 0 Å². The van der Waals surface area contributed by atoms with Crippen molar-refractivity contribution in [3.63, 3.8) is 0 Å². The lowest BCUT2D eigenvalue weighted by atomic mass is 9.83. The van der Waals surface area contributed by atoms with E-state index < -0.39 is 0 Å². The van der Waals surface area contributed by atoms with Crippen LogP contribution in [0.5, 0.6) is 0 Å². The molecule has 2 atom stereocenters. The van der Waals surface area contributed by atoms with Crippen molar-refractivity contribution in [2.75, 3.05) is 0 Å². The predicted octanol–water partition coefficient (Wildman–Crippen LogP) is 8.05. The third kappa shape index (κ3) is 9.06. The molecule has 0 radical (unpaired) electrons. The maximum absolute atomic E-state index is 5.76. The Kier molecular flexibility index (Phi) is 12.1. The van der Waals surface area contributed by atoms with Gasteiger partial charge in [-0.3, -0.25) is 0 Å². The number of unbranched alkanes of at least 4 members (excludes halogenated alkanes) is 2. The first-order valence-corrected chi connectivity index (χ1v) is 9.52. The summed E-state index contributed by atoms with van der Waals surface area (Å²) in [5, 5.41) is 1.26. The van der Waals surface area contributed by atoms with Gasteiger partial charge in [-0.15, -0.1) is 0 Å². The zero-order valence-electron chi connectivity index (χ0n) is 15.3. The summed E-state index contributed by atoms with van der Waals surface area (Å²) in [5.74, 6) is 2.65. The Bertz CT molecular complexity index is 399. The van der Waals surface area contributed by atoms with Gasteiger partial charge in [0.15, 0.2) is 0 Å². The molecule has 0 amide bonds. The summed E-state index contributed by atoms with van der Waals surface area (Å²) in [6.45, 7) is 13.8. The number of hydrogen-bond acceptors (Lipinski definition) is 0. The van der Waals surface area contributed by atoms with Gasteiger partial charge in [0.1, 0.15) is 0 Å². The van der Waals surface area contributed by atoms with Gasteiger partial charge in [-0.25, -0.2) is 0 Å². The molecule has 0 aliphatic rings. The van der Waals surface area contributed by atoms with Gasteiger partial charge in [-0.05, 0) is 41.9 Å². The molecule has 0 saturated carbocycles. The van der Waals surface area contributed by atoms with Crippen molar-refractivity contribution in [1.82, 2.24) is 0 Å². The van der Waals surface area contributed by atoms with Crippen LogP contribution in [0.15, 0.2) is 18.2 Å². The Balaban J connectivity index is 0.000000406. The third-order valence-electron chi connectivity index (χ3n) is 4.60. The molecule has 0 aliphatic heterocycles. The van der Waals surface area contributed by atoms with Crippen LogP contribution in [0.1, 0.15) is 72.8 Å². The molecule has 0 aliphatic carbocycles. The molecule has 0 saturated heterocycles. The Morgan fingerprint density at radius 1 is 0.909 bits per heavy atom. The fourth-order valence-corrected chi connectivity index (χ4v) is 2.72. The quantitative estimate of drug-likeness (QED) is 0.438. The molecule has 128 valence electrons. The maximum Gasteiger partial charge on any atom is 0.0595 e. The van der Waals surface area contributed by atoms with Crippen molar-refractivity contribution in [2.45, 2.75) is 73.6 Å². The van der Waals surface area contributed by atoms with E-state index in [1.165, 1.54) is 31.2 Å². The number of benzene rings is 1. The van der Waals surface area contributed by atoms with Gasteiger partial charge in [0, 0.05) is 0 Å². The van der Waals surface area contributed by atoms with Gasteiger partial charge in [0.25, 0.3) is 0 Å². The molecule has 0 nitrogen and oxygen atoms in total. The van der Waals surface area contributed by atoms with Gasteiger partial charge < -0.3 is 0 Å². The van der Waals surface area contributed by atoms with E-state index in [0.717, 1.165) is 24.2 Å². The molecule has 1 rings (SSSR count). The summed E-state index contributed by atoms with van der Waals surface area (Å²) in [6.07, 6.45) is 6.61. The van der Waals surface area contributed by atoms with Crippen molar-refractivity contribution < 1.29 is 0 Å². The highest BCUT2D eigenvalue weighted by atomic mass is 35.5. The van der Waals surface area contributed by atoms with Gasteiger partial charge in [0.05, 0.1) is 10.0 Å². The normalized spacial score (nSPS) is 13.5. The minimum atomic E-state index is 0.624. The van der Waals surface area contributed by atoms with E-state index in [1.807, 2.05) is 18.2 Å². The van der Waals surface area contributed by atoms with Crippen molar-refractivity contribution in [3.8, 4) is 0 Å². The van der Waals surface area contributed by atoms with Gasteiger partial charge in [-0.2, -0.15) is 0 Å². The molecule has 0 N–H and O–H groups in total. The van der Waals surface area contributed by atoms with Crippen LogP contribution in [0.2, 0.25) is 10.0 Å². The largest absolute Gasteiger partial charge is 0.0827 e. The van der Waals surface area contributed by atoms with E-state index >= 15 is 0 Å². The van der Waals surface area contributed by atoms with Crippen molar-refractivity contribution in [3.05, 3.63) is 33.8 Å². The van der Waals surface area contributed by atoms with E-state index in [4.69, 9.17) is 23.2 Å². The van der Waals surface area contributed by atoms with Crippen LogP contribution in [0.4, 0.5) is 0 Å². The molecule has 1 aromatic carbocycles. The second-order valence-corrected chi connectivity index (χ2v) is 7.49. The summed E-state index contributed by atoms with van der Waals surface area (Å²) >= 11 is 11.5.